The van der Waals surface area contributed by atoms with Crippen molar-refractivity contribution in [2.24, 2.45) is 17.8 Å². The maximum atomic E-state index is 15.2. The fourth-order valence-electron chi connectivity index (χ4n) is 7.80. The summed E-state index contributed by atoms with van der Waals surface area (Å²) < 4.78 is 84.0. The lowest BCUT2D eigenvalue weighted by molar-refractivity contribution is -0.141. The van der Waals surface area contributed by atoms with Crippen LogP contribution < -0.4 is 14.4 Å². The van der Waals surface area contributed by atoms with Crippen molar-refractivity contribution in [2.75, 3.05) is 19.1 Å². The fraction of sp³-hybridized carbons (Fsp3) is 0.333. The molecular formula is C33H23Cl2F5N2O7S. The van der Waals surface area contributed by atoms with E-state index in [0.29, 0.717) is 4.88 Å². The number of hydrogen-bond donors (Lipinski definition) is 1. The summed E-state index contributed by atoms with van der Waals surface area (Å²) in [7, 11) is 2.41. The van der Waals surface area contributed by atoms with E-state index in [2.05, 4.69) is 0 Å². The Morgan fingerprint density at radius 2 is 1.50 bits per heavy atom. The number of thiophene rings is 1. The number of allylic oxidation sites excluding steroid dienone is 2. The van der Waals surface area contributed by atoms with Crippen molar-refractivity contribution in [3.63, 3.8) is 0 Å². The Morgan fingerprint density at radius 3 is 2.06 bits per heavy atom. The van der Waals surface area contributed by atoms with E-state index in [1.807, 2.05) is 0 Å². The number of alkyl halides is 2. The lowest BCUT2D eigenvalue weighted by atomic mass is 9.56. The smallest absolute Gasteiger partial charge is 0.258 e. The molecule has 6 atom stereocenters. The number of benzene rings is 2. The minimum absolute atomic E-state index is 0.0125. The van der Waals surface area contributed by atoms with Crippen molar-refractivity contribution in [3.05, 3.63) is 80.8 Å². The van der Waals surface area contributed by atoms with Gasteiger partial charge in [0.15, 0.2) is 44.5 Å². The van der Waals surface area contributed by atoms with Gasteiger partial charge in [0, 0.05) is 10.8 Å². The van der Waals surface area contributed by atoms with Gasteiger partial charge in [0.1, 0.15) is 5.69 Å². The van der Waals surface area contributed by atoms with Crippen LogP contribution in [-0.4, -0.2) is 57.6 Å². The minimum atomic E-state index is -2.74. The molecular weight excluding hydrogens is 734 g/mol. The van der Waals surface area contributed by atoms with E-state index in [4.69, 9.17) is 32.7 Å². The third kappa shape index (κ3) is 4.35. The van der Waals surface area contributed by atoms with Crippen LogP contribution >= 0.6 is 34.5 Å². The topological polar surface area (TPSA) is 113 Å². The van der Waals surface area contributed by atoms with Crippen molar-refractivity contribution in [3.8, 4) is 17.2 Å². The monoisotopic (exact) mass is 756 g/mol. The quantitative estimate of drug-likeness (QED) is 0.0829. The number of phenolic OH excluding ortho intramolecular Hbond substituents is 1. The molecule has 0 radical (unpaired) electrons. The van der Waals surface area contributed by atoms with E-state index in [1.54, 1.807) is 23.6 Å². The molecule has 4 amide bonds. The van der Waals surface area contributed by atoms with Crippen LogP contribution in [0.25, 0.3) is 0 Å². The molecule has 0 spiro atoms. The maximum Gasteiger partial charge on any atom is 0.258 e. The van der Waals surface area contributed by atoms with Gasteiger partial charge in [0.2, 0.25) is 23.4 Å². The summed E-state index contributed by atoms with van der Waals surface area (Å²) in [6, 6.07) is 5.97. The SMILES string of the molecule is COc1cc(C2C3=CCC4C(=O)N(Cc5cccs5)C(=O)C4C3CC3(Cl)C(=O)N(c4c(F)c(F)c(F)c(F)c4F)C(=O)C23Cl)cc(OC)c1O. The first-order chi connectivity index (χ1) is 23.6. The van der Waals surface area contributed by atoms with Gasteiger partial charge < -0.3 is 14.6 Å². The Hall–Kier alpha value is -4.21. The van der Waals surface area contributed by atoms with Gasteiger partial charge in [-0.1, -0.05) is 17.7 Å². The molecule has 7 rings (SSSR count). The number of ether oxygens (including phenoxy) is 2. The van der Waals surface area contributed by atoms with E-state index >= 15 is 8.78 Å². The van der Waals surface area contributed by atoms with Gasteiger partial charge in [0.05, 0.1) is 32.6 Å². The average Bonchev–Trinajstić information content (AvgIpc) is 3.74. The highest BCUT2D eigenvalue weighted by Crippen LogP contribution is 2.66. The predicted molar refractivity (Wildman–Crippen MR) is 168 cm³/mol. The van der Waals surface area contributed by atoms with Crippen LogP contribution in [0.15, 0.2) is 41.3 Å². The van der Waals surface area contributed by atoms with Gasteiger partial charge in [-0.05, 0) is 47.9 Å². The Morgan fingerprint density at radius 1 is 0.900 bits per heavy atom. The molecule has 1 aromatic heterocycles. The number of carbonyl (C=O) groups is 4. The summed E-state index contributed by atoms with van der Waals surface area (Å²) in [6.45, 7) is -0.0307. The number of phenols is 1. The Balaban J connectivity index is 1.45. The van der Waals surface area contributed by atoms with E-state index in [0.717, 1.165) is 4.90 Å². The predicted octanol–water partition coefficient (Wildman–Crippen LogP) is 5.93. The summed E-state index contributed by atoms with van der Waals surface area (Å²) >= 11 is 15.6. The molecule has 2 saturated heterocycles. The lowest BCUT2D eigenvalue weighted by Crippen LogP contribution is -2.60. The third-order valence-corrected chi connectivity index (χ3v) is 12.3. The zero-order valence-electron chi connectivity index (χ0n) is 25.7. The molecule has 1 N–H and O–H groups in total. The van der Waals surface area contributed by atoms with Crippen molar-refractivity contribution in [1.82, 2.24) is 4.90 Å². The Labute approximate surface area is 293 Å². The first-order valence-corrected chi connectivity index (χ1v) is 16.6. The average molecular weight is 758 g/mol. The molecule has 1 saturated carbocycles. The second-order valence-corrected chi connectivity index (χ2v) is 14.6. The van der Waals surface area contributed by atoms with Crippen LogP contribution in [0, 0.1) is 46.8 Å². The standard InChI is InChI=1S/C33H23Cl2F5N2O7S/c1-48-17-8-12(9-18(49-2)27(17)43)20-14-5-6-15-19(29(45)41(28(15)44)11-13-4-3-7-50-13)16(14)10-32(34)30(46)42(31(47)33(20,32)35)26-24(39)22(37)21(36)23(38)25(26)40/h3-5,7-9,15-16,19-20,43H,6,10-11H2,1-2H3. The molecule has 262 valence electrons. The summed E-state index contributed by atoms with van der Waals surface area (Å²) in [5, 5.41) is 12.4. The zero-order chi connectivity index (χ0) is 36.2. The summed E-state index contributed by atoms with van der Waals surface area (Å²) in [4.78, 5) is 52.6. The first-order valence-electron chi connectivity index (χ1n) is 14.9. The minimum Gasteiger partial charge on any atom is -0.502 e. The highest BCUT2D eigenvalue weighted by molar-refractivity contribution is 7.09. The molecule has 2 aliphatic heterocycles. The van der Waals surface area contributed by atoms with Gasteiger partial charge in [0.25, 0.3) is 11.8 Å². The van der Waals surface area contributed by atoms with Crippen LogP contribution in [0.3, 0.4) is 0 Å². The number of likely N-dealkylation sites (tertiary alicyclic amines) is 1. The number of aromatic hydroxyl groups is 1. The fourth-order valence-corrected chi connectivity index (χ4v) is 9.43. The van der Waals surface area contributed by atoms with Crippen molar-refractivity contribution in [2.45, 2.75) is 35.1 Å². The number of anilines is 1. The van der Waals surface area contributed by atoms with Gasteiger partial charge in [-0.2, -0.15) is 0 Å². The number of nitrogens with zero attached hydrogens (tertiary/aromatic N) is 2. The Bertz CT molecular complexity index is 2010. The van der Waals surface area contributed by atoms with Gasteiger partial charge in [-0.25, -0.2) is 26.9 Å². The third-order valence-electron chi connectivity index (χ3n) is 10.0. The molecule has 0 bridgehead atoms. The van der Waals surface area contributed by atoms with Gasteiger partial charge >= 0.3 is 0 Å². The highest BCUT2D eigenvalue weighted by Gasteiger charge is 2.77. The van der Waals surface area contributed by atoms with Crippen LogP contribution in [0.1, 0.15) is 29.2 Å². The molecule has 9 nitrogen and oxygen atoms in total. The molecule has 6 unspecified atom stereocenters. The van der Waals surface area contributed by atoms with E-state index in [-0.39, 0.29) is 40.5 Å². The number of imide groups is 2. The van der Waals surface area contributed by atoms with E-state index < -0.39 is 104 Å². The maximum absolute atomic E-state index is 15.2. The zero-order valence-corrected chi connectivity index (χ0v) is 28.1. The van der Waals surface area contributed by atoms with Gasteiger partial charge in [-0.15, -0.1) is 34.5 Å². The second-order valence-electron chi connectivity index (χ2n) is 12.3. The van der Waals surface area contributed by atoms with Crippen molar-refractivity contribution in [1.29, 1.82) is 0 Å². The molecule has 3 aromatic rings. The number of carbonyl (C=O) groups excluding carboxylic acids is 4. The molecule has 4 aliphatic rings. The highest BCUT2D eigenvalue weighted by atomic mass is 35.5. The largest absolute Gasteiger partial charge is 0.502 e. The van der Waals surface area contributed by atoms with E-state index in [9.17, 15) is 37.5 Å². The van der Waals surface area contributed by atoms with Crippen LogP contribution in [0.2, 0.25) is 0 Å². The van der Waals surface area contributed by atoms with Crippen molar-refractivity contribution < 1.29 is 55.7 Å². The van der Waals surface area contributed by atoms with Crippen LogP contribution in [-0.2, 0) is 25.7 Å². The number of halogens is 7. The molecule has 2 aliphatic carbocycles. The molecule has 3 heterocycles. The normalized spacial score (nSPS) is 28.9. The molecule has 17 heteroatoms. The summed E-state index contributed by atoms with van der Waals surface area (Å²) in [5.41, 5.74) is -1.63. The molecule has 2 aromatic carbocycles. The number of hydrogen-bond acceptors (Lipinski definition) is 8. The van der Waals surface area contributed by atoms with Crippen LogP contribution in [0.4, 0.5) is 27.6 Å². The molecule has 3 fully saturated rings. The molecule has 50 heavy (non-hydrogen) atoms. The van der Waals surface area contributed by atoms with E-state index in [1.165, 1.54) is 37.7 Å². The number of amides is 4. The van der Waals surface area contributed by atoms with Crippen LogP contribution in [0.5, 0.6) is 17.2 Å². The number of rotatable bonds is 6. The summed E-state index contributed by atoms with van der Waals surface area (Å²) in [5.74, 6) is -22.2. The van der Waals surface area contributed by atoms with Gasteiger partial charge in [-0.3, -0.25) is 24.1 Å². The second kappa shape index (κ2) is 11.7. The summed E-state index contributed by atoms with van der Waals surface area (Å²) in [6.07, 6.45) is 0.911. The van der Waals surface area contributed by atoms with Crippen molar-refractivity contribution >= 4 is 63.9 Å². The Kier molecular flexibility index (Phi) is 7.99. The lowest BCUT2D eigenvalue weighted by Gasteiger charge is -2.50. The first kappa shape index (κ1) is 34.2. The number of methoxy groups -OCH3 is 2. The number of fused-ring (bicyclic) bond motifs is 4.